The second-order valence-electron chi connectivity index (χ2n) is 15.3. The van der Waals surface area contributed by atoms with E-state index in [0.717, 1.165) is 78.3 Å². The van der Waals surface area contributed by atoms with Crippen LogP contribution >= 0.6 is 0 Å². The number of hydrogen-bond donors (Lipinski definition) is 0. The van der Waals surface area contributed by atoms with Gasteiger partial charge in [0.2, 0.25) is 0 Å². The molecule has 10 rings (SSSR count). The zero-order chi connectivity index (χ0) is 41.5. The van der Waals surface area contributed by atoms with Gasteiger partial charge in [0, 0.05) is 6.20 Å². The summed E-state index contributed by atoms with van der Waals surface area (Å²) in [5.41, 5.74) is 19.1. The maximum absolute atomic E-state index is 5.14. The molecule has 0 spiro atoms. The van der Waals surface area contributed by atoms with E-state index < -0.39 is 0 Å². The van der Waals surface area contributed by atoms with E-state index in [4.69, 9.17) is 9.97 Å². The van der Waals surface area contributed by atoms with Gasteiger partial charge in [-0.2, -0.15) is 0 Å². The molecular weight excluding hydrogens is 855 g/mol. The first kappa shape index (κ1) is 40.8. The third-order valence-corrected chi connectivity index (χ3v) is 11.1. The second-order valence-corrected chi connectivity index (χ2v) is 15.3. The molecule has 2 aromatic heterocycles. The van der Waals surface area contributed by atoms with Gasteiger partial charge in [-0.1, -0.05) is 146 Å². The molecular formula is C60H40N2Pd. The molecule has 0 radical (unpaired) electrons. The summed E-state index contributed by atoms with van der Waals surface area (Å²) < 4.78 is 0. The monoisotopic (exact) mass is 894 g/mol. The molecule has 0 amide bonds. The molecule has 2 heterocycles. The summed E-state index contributed by atoms with van der Waals surface area (Å²) in [4.78, 5) is 9.84. The molecule has 0 saturated heterocycles. The number of rotatable bonds is 10. The Morgan fingerprint density at radius 3 is 1.32 bits per heavy atom. The van der Waals surface area contributed by atoms with Gasteiger partial charge in [-0.3, -0.25) is 9.97 Å². The first-order valence-corrected chi connectivity index (χ1v) is 20.9. The van der Waals surface area contributed by atoms with Crippen molar-refractivity contribution in [2.75, 3.05) is 0 Å². The van der Waals surface area contributed by atoms with Gasteiger partial charge < -0.3 is 0 Å². The van der Waals surface area contributed by atoms with Crippen LogP contribution in [0, 0.1) is 12.1 Å². The molecule has 300 valence electrons. The zero-order valence-corrected chi connectivity index (χ0v) is 35.9. The number of nitrogens with zero attached hydrogens (tertiary/aromatic N) is 2. The molecule has 2 nitrogen and oxygen atoms in total. The van der Waals surface area contributed by atoms with Gasteiger partial charge in [-0.25, -0.2) is 0 Å². The van der Waals surface area contributed by atoms with Crippen molar-refractivity contribution in [3.8, 4) is 89.3 Å². The van der Waals surface area contributed by atoms with E-state index >= 15 is 0 Å². The van der Waals surface area contributed by atoms with Crippen molar-refractivity contribution in [1.82, 2.24) is 9.97 Å². The van der Waals surface area contributed by atoms with Crippen LogP contribution in [-0.4, -0.2) is 9.97 Å². The van der Waals surface area contributed by atoms with Crippen molar-refractivity contribution in [2.24, 2.45) is 0 Å². The smallest absolute Gasteiger partial charge is 0.294 e. The maximum Gasteiger partial charge on any atom is 2.00 e. The topological polar surface area (TPSA) is 25.8 Å². The first-order chi connectivity index (χ1) is 30.7. The van der Waals surface area contributed by atoms with Gasteiger partial charge in [0.05, 0.1) is 11.4 Å². The fourth-order valence-corrected chi connectivity index (χ4v) is 8.01. The third kappa shape index (κ3) is 9.37. The van der Waals surface area contributed by atoms with Crippen molar-refractivity contribution in [2.45, 2.75) is 0 Å². The van der Waals surface area contributed by atoms with Gasteiger partial charge in [-0.15, -0.1) is 70.8 Å². The Balaban J connectivity index is 0.00000504. The summed E-state index contributed by atoms with van der Waals surface area (Å²) in [5.74, 6) is 0. The molecule has 0 bridgehead atoms. The van der Waals surface area contributed by atoms with Crippen LogP contribution in [0.1, 0.15) is 11.3 Å². The first-order valence-electron chi connectivity index (χ1n) is 20.9. The van der Waals surface area contributed by atoms with Crippen LogP contribution in [-0.2, 0) is 20.4 Å². The van der Waals surface area contributed by atoms with E-state index in [1.165, 1.54) is 22.3 Å². The summed E-state index contributed by atoms with van der Waals surface area (Å²) in [7, 11) is 0. The van der Waals surface area contributed by atoms with Crippen LogP contribution in [0.2, 0.25) is 0 Å². The van der Waals surface area contributed by atoms with Crippen LogP contribution in [0.5, 0.6) is 0 Å². The molecule has 3 heteroatoms. The summed E-state index contributed by atoms with van der Waals surface area (Å²) in [6.45, 7) is 0. The zero-order valence-electron chi connectivity index (χ0n) is 34.3. The molecule has 0 aliphatic carbocycles. The number of aromatic nitrogens is 2. The van der Waals surface area contributed by atoms with Gasteiger partial charge in [0.15, 0.2) is 0 Å². The Bertz CT molecular complexity index is 3030. The molecule has 0 unspecified atom stereocenters. The van der Waals surface area contributed by atoms with Crippen molar-refractivity contribution >= 4 is 6.08 Å². The Morgan fingerprint density at radius 1 is 0.365 bits per heavy atom. The van der Waals surface area contributed by atoms with Crippen molar-refractivity contribution in [3.05, 3.63) is 260 Å². The molecule has 8 aromatic carbocycles. The van der Waals surface area contributed by atoms with Crippen LogP contribution in [0.25, 0.3) is 95.4 Å². The van der Waals surface area contributed by atoms with Crippen LogP contribution in [0.3, 0.4) is 0 Å². The minimum Gasteiger partial charge on any atom is -0.294 e. The van der Waals surface area contributed by atoms with E-state index in [-0.39, 0.29) is 20.4 Å². The Hall–Kier alpha value is -7.54. The molecule has 0 atom stereocenters. The summed E-state index contributed by atoms with van der Waals surface area (Å²) in [6.07, 6.45) is 7.46. The van der Waals surface area contributed by atoms with Crippen LogP contribution in [0.15, 0.2) is 237 Å². The van der Waals surface area contributed by atoms with Crippen molar-refractivity contribution < 1.29 is 20.4 Å². The Morgan fingerprint density at radius 2 is 0.810 bits per heavy atom. The largest absolute Gasteiger partial charge is 2.00 e. The number of hydrogen-bond acceptors (Lipinski definition) is 2. The van der Waals surface area contributed by atoms with Crippen molar-refractivity contribution in [3.63, 3.8) is 0 Å². The molecule has 0 fully saturated rings. The summed E-state index contributed by atoms with van der Waals surface area (Å²) in [5, 5.41) is 0. The van der Waals surface area contributed by atoms with Crippen LogP contribution < -0.4 is 0 Å². The fraction of sp³-hybridized carbons (Fsp3) is 0. The minimum absolute atomic E-state index is 0. The standard InChI is InChI=1S/C60H40N2.Pd/c1-5-18-43(19-6-1)50-35-51(44-20-7-2-8-21-44)38-54(37-50)48-27-17-28-49(34-48)58-29-14-13-26-47(58)31-32-57-41-56(42-60(62-57)59-30-15-16-33-61-59)55-39-52(45-22-9-3-10-23-45)36-53(40-55)46-24-11-4-12-25-46;/h1-27,29-30,32-42H;/q-2;+2. The minimum atomic E-state index is 0. The summed E-state index contributed by atoms with van der Waals surface area (Å²) in [6, 6.07) is 84.6. The van der Waals surface area contributed by atoms with E-state index in [2.05, 4.69) is 218 Å². The Labute approximate surface area is 383 Å². The van der Waals surface area contributed by atoms with E-state index in [1.807, 2.05) is 36.5 Å². The van der Waals surface area contributed by atoms with Gasteiger partial charge in [0.1, 0.15) is 0 Å². The van der Waals surface area contributed by atoms with Crippen LogP contribution in [0.4, 0.5) is 0 Å². The normalized spacial score (nSPS) is 11.0. The van der Waals surface area contributed by atoms with Crippen molar-refractivity contribution in [1.29, 1.82) is 0 Å². The predicted octanol–water partition coefficient (Wildman–Crippen LogP) is 15.5. The number of benzene rings is 8. The summed E-state index contributed by atoms with van der Waals surface area (Å²) >= 11 is 0. The van der Waals surface area contributed by atoms with E-state index in [1.54, 1.807) is 0 Å². The molecule has 0 saturated carbocycles. The van der Waals surface area contributed by atoms with Gasteiger partial charge in [0.25, 0.3) is 0 Å². The molecule has 0 aliphatic heterocycles. The maximum atomic E-state index is 5.14. The van der Waals surface area contributed by atoms with Gasteiger partial charge >= 0.3 is 20.4 Å². The van der Waals surface area contributed by atoms with E-state index in [0.29, 0.717) is 0 Å². The SMILES string of the molecule is [C-](=Cc1cc(-c2cc(-c3ccccc3)cc(-c3ccccc3)c2)cc(-c2ccccn2)n1)c1ccccc1-c1[c-]ccc(-c2cc(-c3ccccc3)cc(-c3ccccc3)c2)c1.[Pd+2]. The van der Waals surface area contributed by atoms with Gasteiger partial charge in [-0.05, 0) is 121 Å². The second kappa shape index (κ2) is 19.0. The molecule has 0 aliphatic rings. The average molecular weight is 895 g/mol. The predicted molar refractivity (Wildman–Crippen MR) is 258 cm³/mol. The molecule has 10 aromatic rings. The van der Waals surface area contributed by atoms with E-state index in [9.17, 15) is 0 Å². The average Bonchev–Trinajstić information content (AvgIpc) is 3.37. The Kier molecular flexibility index (Phi) is 12.3. The number of pyridine rings is 2. The quantitative estimate of drug-likeness (QED) is 0.101. The molecule has 63 heavy (non-hydrogen) atoms. The fourth-order valence-electron chi connectivity index (χ4n) is 8.01. The third-order valence-electron chi connectivity index (χ3n) is 11.1. The molecule has 0 N–H and O–H groups in total.